The Balaban J connectivity index is 2.75. The van der Waals surface area contributed by atoms with Gasteiger partial charge in [0.05, 0.1) is 0 Å². The second-order valence-corrected chi connectivity index (χ2v) is 7.73. The van der Waals surface area contributed by atoms with Crippen molar-refractivity contribution in [2.45, 2.75) is 27.3 Å². The third-order valence-corrected chi connectivity index (χ3v) is 4.59. The van der Waals surface area contributed by atoms with E-state index in [1.54, 1.807) is 0 Å². The quantitative estimate of drug-likeness (QED) is 0.714. The molecule has 1 aromatic rings. The molecule has 2 nitrogen and oxygen atoms in total. The van der Waals surface area contributed by atoms with Gasteiger partial charge in [0.1, 0.15) is 5.75 Å². The Morgan fingerprint density at radius 1 is 1.35 bits per heavy atom. The summed E-state index contributed by atoms with van der Waals surface area (Å²) in [6.07, 6.45) is 0. The Morgan fingerprint density at radius 3 is 2.53 bits per heavy atom. The summed E-state index contributed by atoms with van der Waals surface area (Å²) in [4.78, 5) is 0. The minimum absolute atomic E-state index is 0.502. The summed E-state index contributed by atoms with van der Waals surface area (Å²) in [5.41, 5.74) is 2.96. The number of hydrogen-bond acceptors (Lipinski definition) is 2. The lowest BCUT2D eigenvalue weighted by atomic mass is 10.2. The lowest BCUT2D eigenvalue weighted by molar-refractivity contribution is 0.220. The standard InChI is InChI=1S/C14H22O2Si/c1-6-17(5,15-11-12(2)3)16-14-10-8-7-9-13(14)4/h6-10,12H,1,11H2,2-5H3. The predicted octanol–water partition coefficient (Wildman–Crippen LogP) is 3.84. The third kappa shape index (κ3) is 4.36. The van der Waals surface area contributed by atoms with Gasteiger partial charge in [-0.15, -0.1) is 6.58 Å². The normalized spacial score (nSPS) is 14.4. The Kier molecular flexibility index (Phi) is 4.96. The van der Waals surface area contributed by atoms with Crippen LogP contribution in [-0.4, -0.2) is 15.2 Å². The van der Waals surface area contributed by atoms with Gasteiger partial charge in [0.15, 0.2) is 0 Å². The second kappa shape index (κ2) is 6.03. The molecule has 0 fully saturated rings. The average molecular weight is 250 g/mol. The van der Waals surface area contributed by atoms with Gasteiger partial charge in [0.25, 0.3) is 0 Å². The van der Waals surface area contributed by atoms with Crippen LogP contribution in [0.4, 0.5) is 0 Å². The van der Waals surface area contributed by atoms with Crippen LogP contribution in [0.2, 0.25) is 6.55 Å². The SMILES string of the molecule is C=C[Si](C)(OCC(C)C)Oc1ccccc1C. The Labute approximate surface area is 106 Å². The first-order valence-corrected chi connectivity index (χ1v) is 8.38. The minimum Gasteiger partial charge on any atom is -0.517 e. The first kappa shape index (κ1) is 14.0. The lowest BCUT2D eigenvalue weighted by Crippen LogP contribution is -2.41. The zero-order valence-electron chi connectivity index (χ0n) is 11.2. The molecule has 0 amide bonds. The summed E-state index contributed by atoms with van der Waals surface area (Å²) in [7, 11) is -2.29. The molecule has 1 rings (SSSR count). The van der Waals surface area contributed by atoms with Crippen molar-refractivity contribution < 1.29 is 8.85 Å². The fraction of sp³-hybridized carbons (Fsp3) is 0.429. The Bertz CT molecular complexity index is 376. The highest BCUT2D eigenvalue weighted by molar-refractivity contribution is 6.71. The molecule has 0 aliphatic carbocycles. The minimum atomic E-state index is -2.29. The molecule has 0 aliphatic heterocycles. The topological polar surface area (TPSA) is 18.5 Å². The molecule has 0 aliphatic rings. The van der Waals surface area contributed by atoms with E-state index in [1.165, 1.54) is 0 Å². The monoisotopic (exact) mass is 250 g/mol. The Hall–Kier alpha value is -1.06. The molecule has 94 valence electrons. The van der Waals surface area contributed by atoms with Crippen molar-refractivity contribution in [1.82, 2.24) is 0 Å². The first-order chi connectivity index (χ1) is 7.97. The van der Waals surface area contributed by atoms with Crippen molar-refractivity contribution >= 4 is 8.56 Å². The molecule has 0 aromatic heterocycles. The van der Waals surface area contributed by atoms with Crippen LogP contribution in [0, 0.1) is 12.8 Å². The van der Waals surface area contributed by atoms with Crippen LogP contribution in [0.3, 0.4) is 0 Å². The summed E-state index contributed by atoms with van der Waals surface area (Å²) >= 11 is 0. The maximum absolute atomic E-state index is 6.03. The molecule has 1 aromatic carbocycles. The summed E-state index contributed by atoms with van der Waals surface area (Å²) in [5, 5.41) is 0. The van der Waals surface area contributed by atoms with Crippen molar-refractivity contribution in [3.63, 3.8) is 0 Å². The van der Waals surface area contributed by atoms with Crippen LogP contribution in [-0.2, 0) is 4.43 Å². The smallest absolute Gasteiger partial charge is 0.422 e. The maximum atomic E-state index is 6.03. The zero-order chi connectivity index (χ0) is 12.9. The van der Waals surface area contributed by atoms with Crippen molar-refractivity contribution in [3.05, 3.63) is 42.1 Å². The van der Waals surface area contributed by atoms with E-state index >= 15 is 0 Å². The number of hydrogen-bond donors (Lipinski definition) is 0. The van der Waals surface area contributed by atoms with Crippen molar-refractivity contribution in [2.24, 2.45) is 5.92 Å². The highest BCUT2D eigenvalue weighted by atomic mass is 28.4. The highest BCUT2D eigenvalue weighted by Gasteiger charge is 2.30. The van der Waals surface area contributed by atoms with E-state index < -0.39 is 8.56 Å². The fourth-order valence-corrected chi connectivity index (χ4v) is 2.94. The van der Waals surface area contributed by atoms with Crippen LogP contribution in [0.1, 0.15) is 19.4 Å². The van der Waals surface area contributed by atoms with Crippen LogP contribution in [0.25, 0.3) is 0 Å². The molecule has 0 saturated heterocycles. The van der Waals surface area contributed by atoms with E-state index in [2.05, 4.69) is 20.4 Å². The van der Waals surface area contributed by atoms with Gasteiger partial charge in [0, 0.05) is 6.61 Å². The van der Waals surface area contributed by atoms with Gasteiger partial charge >= 0.3 is 8.56 Å². The molecule has 3 heteroatoms. The summed E-state index contributed by atoms with van der Waals surface area (Å²) in [6, 6.07) is 7.99. The predicted molar refractivity (Wildman–Crippen MR) is 74.4 cm³/mol. The molecular formula is C14H22O2Si. The van der Waals surface area contributed by atoms with Gasteiger partial charge < -0.3 is 8.85 Å². The third-order valence-electron chi connectivity index (χ3n) is 2.48. The molecule has 0 radical (unpaired) electrons. The molecular weight excluding hydrogens is 228 g/mol. The van der Waals surface area contributed by atoms with Gasteiger partial charge in [-0.3, -0.25) is 0 Å². The maximum Gasteiger partial charge on any atom is 0.422 e. The molecule has 0 saturated carbocycles. The number of aryl methyl sites for hydroxylation is 1. The lowest BCUT2D eigenvalue weighted by Gasteiger charge is -2.26. The molecule has 0 bridgehead atoms. The van der Waals surface area contributed by atoms with Crippen molar-refractivity contribution in [3.8, 4) is 5.75 Å². The van der Waals surface area contributed by atoms with E-state index in [4.69, 9.17) is 8.85 Å². The van der Waals surface area contributed by atoms with Crippen LogP contribution in [0.5, 0.6) is 5.75 Å². The zero-order valence-corrected chi connectivity index (χ0v) is 12.2. The molecule has 0 heterocycles. The first-order valence-electron chi connectivity index (χ1n) is 5.99. The van der Waals surface area contributed by atoms with E-state index in [9.17, 15) is 0 Å². The molecule has 1 atom stereocenters. The van der Waals surface area contributed by atoms with Gasteiger partial charge in [-0.2, -0.15) is 0 Å². The van der Waals surface area contributed by atoms with Crippen LogP contribution >= 0.6 is 0 Å². The van der Waals surface area contributed by atoms with Gasteiger partial charge in [-0.1, -0.05) is 32.0 Å². The van der Waals surface area contributed by atoms with Crippen LogP contribution < -0.4 is 4.43 Å². The number of rotatable bonds is 6. The second-order valence-electron chi connectivity index (χ2n) is 4.79. The molecule has 0 N–H and O–H groups in total. The number of benzene rings is 1. The van der Waals surface area contributed by atoms with E-state index in [0.29, 0.717) is 12.5 Å². The van der Waals surface area contributed by atoms with Gasteiger partial charge in [0.2, 0.25) is 0 Å². The largest absolute Gasteiger partial charge is 0.517 e. The fourth-order valence-electron chi connectivity index (χ4n) is 1.35. The van der Waals surface area contributed by atoms with Crippen LogP contribution in [0.15, 0.2) is 36.5 Å². The summed E-state index contributed by atoms with van der Waals surface area (Å²) in [5.74, 6) is 1.40. The molecule has 17 heavy (non-hydrogen) atoms. The van der Waals surface area contributed by atoms with E-state index in [0.717, 1.165) is 11.3 Å². The van der Waals surface area contributed by atoms with Gasteiger partial charge in [-0.25, -0.2) is 0 Å². The molecule has 1 unspecified atom stereocenters. The Morgan fingerprint density at radius 2 is 2.00 bits per heavy atom. The summed E-state index contributed by atoms with van der Waals surface area (Å²) < 4.78 is 11.9. The summed E-state index contributed by atoms with van der Waals surface area (Å²) in [6.45, 7) is 12.9. The van der Waals surface area contributed by atoms with Crippen molar-refractivity contribution in [2.75, 3.05) is 6.61 Å². The van der Waals surface area contributed by atoms with E-state index in [1.807, 2.05) is 43.4 Å². The van der Waals surface area contributed by atoms with E-state index in [-0.39, 0.29) is 0 Å². The average Bonchev–Trinajstić information content (AvgIpc) is 2.30. The van der Waals surface area contributed by atoms with Crippen molar-refractivity contribution in [1.29, 1.82) is 0 Å². The highest BCUT2D eigenvalue weighted by Crippen LogP contribution is 2.22. The van der Waals surface area contributed by atoms with Gasteiger partial charge in [-0.05, 0) is 36.7 Å². The molecule has 0 spiro atoms. The number of para-hydroxylation sites is 1.